The molecule has 0 aromatic heterocycles. The zero-order chi connectivity index (χ0) is 9.00. The van der Waals surface area contributed by atoms with Gasteiger partial charge in [0.05, 0.1) is 0 Å². The molecule has 0 aliphatic heterocycles. The van der Waals surface area contributed by atoms with Crippen molar-refractivity contribution in [2.75, 3.05) is 0 Å². The Labute approximate surface area is 192 Å². The maximum Gasteiger partial charge on any atom is 2.00 e. The van der Waals surface area contributed by atoms with E-state index in [-0.39, 0.29) is 141 Å². The van der Waals surface area contributed by atoms with Crippen molar-refractivity contribution < 1.29 is 38.4 Å². The van der Waals surface area contributed by atoms with Crippen LogP contribution >= 0.6 is 0 Å². The van der Waals surface area contributed by atoms with Gasteiger partial charge in [-0.2, -0.15) is 0 Å². The Morgan fingerprint density at radius 3 is 0.429 bits per heavy atom. The Bertz CT molecular complexity index is 65.6. The summed E-state index contributed by atoms with van der Waals surface area (Å²) < 4.78 is 0. The second-order valence-corrected chi connectivity index (χ2v) is 3.00. The minimum Gasteiger partial charge on any atom is -0.894 e. The van der Waals surface area contributed by atoms with Crippen molar-refractivity contribution in [1.82, 2.24) is 0 Å². The molecule has 0 unspecified atom stereocenters. The fraction of sp³-hybridized carbons (Fsp3) is 0. The summed E-state index contributed by atoms with van der Waals surface area (Å²) in [6.45, 7) is 0. The fourth-order valence-corrected chi connectivity index (χ4v) is 0. The third-order valence-electron chi connectivity index (χ3n) is 0. The van der Waals surface area contributed by atoms with Gasteiger partial charge in [-0.1, -0.05) is 0 Å². The topological polar surface area (TPSA) is 184 Å². The molecule has 8 nitrogen and oxygen atoms in total. The van der Waals surface area contributed by atoms with Crippen LogP contribution in [0.5, 0.6) is 0 Å². The first-order valence-electron chi connectivity index (χ1n) is 1.63. The second-order valence-electron chi connectivity index (χ2n) is 1.00. The van der Waals surface area contributed by atoms with Crippen LogP contribution in [0.15, 0.2) is 0 Å². The van der Waals surface area contributed by atoms with Gasteiger partial charge in [-0.3, -0.25) is 0 Å². The molecule has 0 aliphatic rings. The second kappa shape index (κ2) is 17.8. The van der Waals surface area contributed by atoms with Crippen molar-refractivity contribution in [3.8, 4) is 0 Å². The van der Waals surface area contributed by atoms with Crippen LogP contribution < -0.4 is 38.4 Å². The van der Waals surface area contributed by atoms with Crippen LogP contribution in [0.4, 0.5) is 0 Å². The standard InChI is InChI=1S/3Ca.2O4Si.Pb/c;;;2*1-5(2,3)4;/q3*+2;2*-4;+2. The molecule has 14 heavy (non-hydrogen) atoms. The SMILES string of the molecule is [Ca+2].[Ca+2].[Ca+2].[O-][Si]([O-])([O-])[O-].[O-][Si]([O-])([O-])[O-].[Pb+2]. The van der Waals surface area contributed by atoms with E-state index in [4.69, 9.17) is 38.4 Å². The maximum absolute atomic E-state index is 8.58. The average molecular weight is 512 g/mol. The third-order valence-corrected chi connectivity index (χ3v) is 0. The Balaban J connectivity index is -0.0000000178. The molecule has 0 aromatic rings. The molecular formula is Ca3O8PbSi2. The van der Waals surface area contributed by atoms with E-state index in [0.717, 1.165) is 0 Å². The predicted molar refractivity (Wildman–Crippen MR) is 34.5 cm³/mol. The van der Waals surface area contributed by atoms with Crippen LogP contribution in [-0.4, -0.2) is 159 Å². The van der Waals surface area contributed by atoms with Gasteiger partial charge in [0.1, 0.15) is 0 Å². The van der Waals surface area contributed by atoms with Crippen LogP contribution in [-0.2, 0) is 0 Å². The van der Waals surface area contributed by atoms with Gasteiger partial charge in [-0.25, -0.2) is 0 Å². The molecule has 0 amide bonds. The Kier molecular flexibility index (Phi) is 46.3. The van der Waals surface area contributed by atoms with Crippen LogP contribution in [0.2, 0.25) is 0 Å². The summed E-state index contributed by atoms with van der Waals surface area (Å²) >= 11 is 0. The summed E-state index contributed by atoms with van der Waals surface area (Å²) in [6, 6.07) is 0. The van der Waals surface area contributed by atoms with Gasteiger partial charge in [0, 0.05) is 0 Å². The van der Waals surface area contributed by atoms with Gasteiger partial charge >= 0.3 is 141 Å². The molecule has 0 N–H and O–H groups in total. The van der Waals surface area contributed by atoms with Crippen molar-refractivity contribution in [2.45, 2.75) is 0 Å². The molecule has 0 fully saturated rings. The fourth-order valence-electron chi connectivity index (χ4n) is 0. The zero-order valence-corrected chi connectivity index (χ0v) is 19.4. The molecule has 2 radical (unpaired) electrons. The first-order chi connectivity index (χ1) is 4.00. The minimum absolute atomic E-state index is 0. The van der Waals surface area contributed by atoms with E-state index in [2.05, 4.69) is 0 Å². The molecule has 0 heterocycles. The Morgan fingerprint density at radius 2 is 0.429 bits per heavy atom. The van der Waals surface area contributed by atoms with Crippen molar-refractivity contribution in [2.24, 2.45) is 0 Å². The molecule has 0 atom stereocenters. The molecule has 0 bridgehead atoms. The average Bonchev–Trinajstić information content (AvgIpc) is 1.12. The van der Waals surface area contributed by atoms with Crippen molar-refractivity contribution >= 4 is 159 Å². The van der Waals surface area contributed by atoms with Gasteiger partial charge in [-0.15, -0.1) is 0 Å². The van der Waals surface area contributed by atoms with E-state index >= 15 is 0 Å². The number of rotatable bonds is 0. The first kappa shape index (κ1) is 36.4. The molecule has 0 saturated carbocycles. The van der Waals surface area contributed by atoms with E-state index in [1.807, 2.05) is 0 Å². The zero-order valence-electron chi connectivity index (χ0n) is 6.89. The smallest absolute Gasteiger partial charge is 0.894 e. The van der Waals surface area contributed by atoms with Crippen LogP contribution in [0.3, 0.4) is 0 Å². The molecule has 0 aromatic carbocycles. The monoisotopic (exact) mass is 512 g/mol. The Morgan fingerprint density at radius 1 is 0.429 bits per heavy atom. The molecule has 0 spiro atoms. The maximum atomic E-state index is 8.58. The molecule has 66 valence electrons. The van der Waals surface area contributed by atoms with Gasteiger partial charge in [0.25, 0.3) is 0 Å². The summed E-state index contributed by atoms with van der Waals surface area (Å²) in [4.78, 5) is 68.6. The number of hydrogen-bond acceptors (Lipinski definition) is 8. The molecular weight excluding hydrogens is 512 g/mol. The third kappa shape index (κ3) is 181. The minimum atomic E-state index is -5.61. The van der Waals surface area contributed by atoms with Crippen molar-refractivity contribution in [1.29, 1.82) is 0 Å². The van der Waals surface area contributed by atoms with E-state index < -0.39 is 18.1 Å². The normalized spacial score (nSPS) is 8.57. The van der Waals surface area contributed by atoms with Gasteiger partial charge in [0.15, 0.2) is 0 Å². The van der Waals surface area contributed by atoms with Gasteiger partial charge < -0.3 is 56.5 Å². The van der Waals surface area contributed by atoms with E-state index in [1.54, 1.807) is 0 Å². The van der Waals surface area contributed by atoms with Gasteiger partial charge in [-0.05, 0) is 0 Å². The van der Waals surface area contributed by atoms with Crippen molar-refractivity contribution in [3.05, 3.63) is 0 Å². The molecule has 0 rings (SSSR count). The van der Waals surface area contributed by atoms with Crippen molar-refractivity contribution in [3.63, 3.8) is 0 Å². The van der Waals surface area contributed by atoms with Gasteiger partial charge in [0.2, 0.25) is 0 Å². The molecule has 0 aliphatic carbocycles. The summed E-state index contributed by atoms with van der Waals surface area (Å²) in [5.41, 5.74) is 0. The van der Waals surface area contributed by atoms with Crippen LogP contribution in [0.1, 0.15) is 0 Å². The largest absolute Gasteiger partial charge is 2.00 e. The summed E-state index contributed by atoms with van der Waals surface area (Å²) in [5, 5.41) is 0. The predicted octanol–water partition coefficient (Wildman–Crippen LogP) is -11.8. The summed E-state index contributed by atoms with van der Waals surface area (Å²) in [6.07, 6.45) is 0. The van der Waals surface area contributed by atoms with Crippen LogP contribution in [0.25, 0.3) is 0 Å². The van der Waals surface area contributed by atoms with E-state index in [1.165, 1.54) is 0 Å². The summed E-state index contributed by atoms with van der Waals surface area (Å²) in [5.74, 6) is 0. The molecule has 14 heteroatoms. The quantitative estimate of drug-likeness (QED) is 0.287. The summed E-state index contributed by atoms with van der Waals surface area (Å²) in [7, 11) is -11.2. The first-order valence-corrected chi connectivity index (χ1v) is 4.90. The Hall–Kier alpha value is 4.82. The van der Waals surface area contributed by atoms with E-state index in [9.17, 15) is 0 Å². The van der Waals surface area contributed by atoms with E-state index in [0.29, 0.717) is 0 Å². The van der Waals surface area contributed by atoms with Crippen LogP contribution in [0, 0.1) is 0 Å². The number of hydrogen-bond donors (Lipinski definition) is 0. The molecule has 0 saturated heterocycles.